The van der Waals surface area contributed by atoms with Gasteiger partial charge in [-0.1, -0.05) is 6.92 Å². The third-order valence-corrected chi connectivity index (χ3v) is 2.31. The van der Waals surface area contributed by atoms with Crippen LogP contribution in [0, 0.1) is 0 Å². The van der Waals surface area contributed by atoms with Gasteiger partial charge in [-0.05, 0) is 18.6 Å². The monoisotopic (exact) mass is 240 g/mol. The highest BCUT2D eigenvalue weighted by Gasteiger charge is 2.20. The first-order chi connectivity index (χ1) is 8.10. The SMILES string of the molecule is CCCn1cccc1C(=O)N[C@@H](CO)C(=O)O. The van der Waals surface area contributed by atoms with E-state index < -0.39 is 24.5 Å². The summed E-state index contributed by atoms with van der Waals surface area (Å²) < 4.78 is 1.74. The number of rotatable bonds is 6. The Hall–Kier alpha value is -1.82. The van der Waals surface area contributed by atoms with Gasteiger partial charge in [-0.25, -0.2) is 4.79 Å². The van der Waals surface area contributed by atoms with Gasteiger partial charge in [0.05, 0.1) is 6.61 Å². The van der Waals surface area contributed by atoms with Crippen molar-refractivity contribution in [2.75, 3.05) is 6.61 Å². The molecular formula is C11H16N2O4. The second-order valence-corrected chi connectivity index (χ2v) is 3.63. The summed E-state index contributed by atoms with van der Waals surface area (Å²) in [7, 11) is 0. The van der Waals surface area contributed by atoms with Crippen LogP contribution in [0.25, 0.3) is 0 Å². The number of nitrogens with zero attached hydrogens (tertiary/aromatic N) is 1. The fourth-order valence-corrected chi connectivity index (χ4v) is 1.47. The first kappa shape index (κ1) is 13.2. The predicted molar refractivity (Wildman–Crippen MR) is 60.7 cm³/mol. The van der Waals surface area contributed by atoms with Gasteiger partial charge in [-0.2, -0.15) is 0 Å². The lowest BCUT2D eigenvalue weighted by molar-refractivity contribution is -0.140. The van der Waals surface area contributed by atoms with E-state index in [1.807, 2.05) is 6.92 Å². The van der Waals surface area contributed by atoms with Crippen LogP contribution in [-0.4, -0.2) is 39.3 Å². The molecule has 3 N–H and O–H groups in total. The molecule has 0 radical (unpaired) electrons. The largest absolute Gasteiger partial charge is 0.480 e. The van der Waals surface area contributed by atoms with Crippen molar-refractivity contribution in [3.05, 3.63) is 24.0 Å². The zero-order valence-electron chi connectivity index (χ0n) is 9.59. The molecule has 0 aromatic carbocycles. The number of amides is 1. The summed E-state index contributed by atoms with van der Waals surface area (Å²) in [6.45, 7) is 2.04. The van der Waals surface area contributed by atoms with Crippen molar-refractivity contribution in [3.63, 3.8) is 0 Å². The van der Waals surface area contributed by atoms with Gasteiger partial charge in [0.15, 0.2) is 6.04 Å². The maximum absolute atomic E-state index is 11.8. The van der Waals surface area contributed by atoms with E-state index in [9.17, 15) is 9.59 Å². The van der Waals surface area contributed by atoms with Crippen molar-refractivity contribution in [2.45, 2.75) is 25.9 Å². The van der Waals surface area contributed by atoms with Gasteiger partial charge in [-0.3, -0.25) is 4.79 Å². The highest BCUT2D eigenvalue weighted by Crippen LogP contribution is 2.04. The molecule has 1 rings (SSSR count). The zero-order valence-corrected chi connectivity index (χ0v) is 9.59. The molecule has 6 nitrogen and oxygen atoms in total. The Labute approximate surface area is 98.9 Å². The molecule has 0 unspecified atom stereocenters. The van der Waals surface area contributed by atoms with Gasteiger partial charge in [0, 0.05) is 12.7 Å². The molecule has 1 aromatic heterocycles. The van der Waals surface area contributed by atoms with E-state index in [2.05, 4.69) is 5.32 Å². The number of carboxylic acid groups (broad SMARTS) is 1. The zero-order chi connectivity index (χ0) is 12.8. The third-order valence-electron chi connectivity index (χ3n) is 2.31. The van der Waals surface area contributed by atoms with Gasteiger partial charge >= 0.3 is 5.97 Å². The Morgan fingerprint density at radius 1 is 1.53 bits per heavy atom. The number of carbonyl (C=O) groups excluding carboxylic acids is 1. The molecule has 1 aromatic rings. The van der Waals surface area contributed by atoms with Crippen LogP contribution in [0.1, 0.15) is 23.8 Å². The first-order valence-corrected chi connectivity index (χ1v) is 5.39. The smallest absolute Gasteiger partial charge is 0.328 e. The van der Waals surface area contributed by atoms with Crippen LogP contribution in [0.15, 0.2) is 18.3 Å². The summed E-state index contributed by atoms with van der Waals surface area (Å²) in [5.41, 5.74) is 0.395. The average molecular weight is 240 g/mol. The van der Waals surface area contributed by atoms with Crippen molar-refractivity contribution in [2.24, 2.45) is 0 Å². The highest BCUT2D eigenvalue weighted by molar-refractivity contribution is 5.95. The quantitative estimate of drug-likeness (QED) is 0.656. The number of aryl methyl sites for hydroxylation is 1. The number of nitrogens with one attached hydrogen (secondary N) is 1. The van der Waals surface area contributed by atoms with Crippen LogP contribution in [0.4, 0.5) is 0 Å². The highest BCUT2D eigenvalue weighted by atomic mass is 16.4. The minimum Gasteiger partial charge on any atom is -0.480 e. The predicted octanol–water partition coefficient (Wildman–Crippen LogP) is 0.0734. The van der Waals surface area contributed by atoms with Crippen LogP contribution < -0.4 is 5.32 Å². The van der Waals surface area contributed by atoms with Crippen molar-refractivity contribution >= 4 is 11.9 Å². The maximum Gasteiger partial charge on any atom is 0.328 e. The molecule has 0 saturated carbocycles. The van der Waals surface area contributed by atoms with Crippen molar-refractivity contribution in [3.8, 4) is 0 Å². The van der Waals surface area contributed by atoms with Gasteiger partial charge in [-0.15, -0.1) is 0 Å². The molecule has 1 amide bonds. The van der Waals surface area contributed by atoms with Gasteiger partial charge in [0.2, 0.25) is 0 Å². The van der Waals surface area contributed by atoms with Gasteiger partial charge in [0.1, 0.15) is 5.69 Å². The molecule has 0 aliphatic heterocycles. The van der Waals surface area contributed by atoms with Crippen molar-refractivity contribution in [1.82, 2.24) is 9.88 Å². The van der Waals surface area contributed by atoms with E-state index in [0.717, 1.165) is 6.42 Å². The van der Waals surface area contributed by atoms with Crippen molar-refractivity contribution < 1.29 is 19.8 Å². The molecule has 0 spiro atoms. The standard InChI is InChI=1S/C11H16N2O4/c1-2-5-13-6-3-4-9(13)10(15)12-8(7-14)11(16)17/h3-4,6,8,14H,2,5,7H2,1H3,(H,12,15)(H,16,17)/t8-/m0/s1. The Kier molecular flexibility index (Phi) is 4.71. The van der Waals surface area contributed by atoms with Crippen LogP contribution in [0.2, 0.25) is 0 Å². The van der Waals surface area contributed by atoms with E-state index in [1.54, 1.807) is 22.9 Å². The Morgan fingerprint density at radius 2 is 2.24 bits per heavy atom. The lowest BCUT2D eigenvalue weighted by atomic mass is 10.3. The number of carbonyl (C=O) groups is 2. The van der Waals surface area contributed by atoms with Crippen LogP contribution in [-0.2, 0) is 11.3 Å². The lowest BCUT2D eigenvalue weighted by Gasteiger charge is -2.13. The Bertz CT molecular complexity index is 400. The minimum atomic E-state index is -1.27. The molecule has 17 heavy (non-hydrogen) atoms. The number of hydrogen-bond acceptors (Lipinski definition) is 3. The molecule has 6 heteroatoms. The summed E-state index contributed by atoms with van der Waals surface area (Å²) in [6.07, 6.45) is 2.63. The molecule has 94 valence electrons. The third kappa shape index (κ3) is 3.32. The van der Waals surface area contributed by atoms with Gasteiger partial charge < -0.3 is 20.1 Å². The number of aliphatic hydroxyl groups excluding tert-OH is 1. The second-order valence-electron chi connectivity index (χ2n) is 3.63. The molecule has 0 saturated heterocycles. The summed E-state index contributed by atoms with van der Waals surface area (Å²) in [6, 6.07) is 2.06. The topological polar surface area (TPSA) is 91.6 Å². The number of carboxylic acids is 1. The molecule has 0 bridgehead atoms. The molecular weight excluding hydrogens is 224 g/mol. The fourth-order valence-electron chi connectivity index (χ4n) is 1.47. The maximum atomic E-state index is 11.8. The van der Waals surface area contributed by atoms with Crippen LogP contribution in [0.5, 0.6) is 0 Å². The number of aliphatic hydroxyl groups is 1. The summed E-state index contributed by atoms with van der Waals surface area (Å²) >= 11 is 0. The van der Waals surface area contributed by atoms with E-state index >= 15 is 0 Å². The molecule has 1 heterocycles. The number of hydrogen-bond donors (Lipinski definition) is 3. The minimum absolute atomic E-state index is 0.395. The van der Waals surface area contributed by atoms with E-state index in [4.69, 9.17) is 10.2 Å². The fraction of sp³-hybridized carbons (Fsp3) is 0.455. The molecule has 0 fully saturated rings. The Morgan fingerprint density at radius 3 is 2.76 bits per heavy atom. The normalized spacial score (nSPS) is 12.1. The Balaban J connectivity index is 2.75. The van der Waals surface area contributed by atoms with Crippen molar-refractivity contribution in [1.29, 1.82) is 0 Å². The van der Waals surface area contributed by atoms with Crippen LogP contribution in [0.3, 0.4) is 0 Å². The second kappa shape index (κ2) is 6.05. The lowest BCUT2D eigenvalue weighted by Crippen LogP contribution is -2.43. The summed E-state index contributed by atoms with van der Waals surface area (Å²) in [5, 5.41) is 19.8. The number of aliphatic carboxylic acids is 1. The summed E-state index contributed by atoms with van der Waals surface area (Å²) in [4.78, 5) is 22.4. The van der Waals surface area contributed by atoms with Crippen LogP contribution >= 0.6 is 0 Å². The van der Waals surface area contributed by atoms with E-state index in [-0.39, 0.29) is 0 Å². The molecule has 0 aliphatic carbocycles. The summed E-state index contributed by atoms with van der Waals surface area (Å²) in [5.74, 6) is -1.75. The molecule has 0 aliphatic rings. The van der Waals surface area contributed by atoms with E-state index in [0.29, 0.717) is 12.2 Å². The van der Waals surface area contributed by atoms with Gasteiger partial charge in [0.25, 0.3) is 5.91 Å². The van der Waals surface area contributed by atoms with E-state index in [1.165, 1.54) is 0 Å². The average Bonchev–Trinajstić information content (AvgIpc) is 2.74. The number of aromatic nitrogens is 1. The molecule has 1 atom stereocenters. The first-order valence-electron chi connectivity index (χ1n) is 5.39.